The first kappa shape index (κ1) is 18.2. The van der Waals surface area contributed by atoms with Gasteiger partial charge >= 0.3 is 6.03 Å². The molecule has 0 aliphatic heterocycles. The number of carbonyl (C=O) groups excluding carboxylic acids is 1. The van der Waals surface area contributed by atoms with Gasteiger partial charge < -0.3 is 5.32 Å². The number of halogens is 1. The number of nitrogens with zero attached hydrogens (tertiary/aromatic N) is 1. The van der Waals surface area contributed by atoms with Gasteiger partial charge in [0, 0.05) is 10.2 Å². The molecule has 26 heavy (non-hydrogen) atoms. The highest BCUT2D eigenvalue weighted by Gasteiger charge is 2.18. The SMILES string of the molecule is CCc1ccc(NC(=O)N(Cc2ccccc2)c2ccccc2Br)cc1. The Kier molecular flexibility index (Phi) is 6.08. The highest BCUT2D eigenvalue weighted by molar-refractivity contribution is 9.10. The summed E-state index contributed by atoms with van der Waals surface area (Å²) >= 11 is 3.56. The topological polar surface area (TPSA) is 32.3 Å². The Morgan fingerprint density at radius 1 is 0.885 bits per heavy atom. The summed E-state index contributed by atoms with van der Waals surface area (Å²) in [4.78, 5) is 14.8. The Labute approximate surface area is 162 Å². The maximum absolute atomic E-state index is 13.0. The van der Waals surface area contributed by atoms with Crippen molar-refractivity contribution in [1.82, 2.24) is 0 Å². The largest absolute Gasteiger partial charge is 0.326 e. The molecule has 0 atom stereocenters. The van der Waals surface area contributed by atoms with E-state index in [0.717, 1.165) is 27.8 Å². The second-order valence-electron chi connectivity index (χ2n) is 6.00. The third kappa shape index (κ3) is 4.52. The number of aryl methyl sites for hydroxylation is 1. The zero-order valence-electron chi connectivity index (χ0n) is 14.7. The molecular weight excluding hydrogens is 388 g/mol. The third-order valence-corrected chi connectivity index (χ3v) is 4.86. The Balaban J connectivity index is 1.86. The van der Waals surface area contributed by atoms with Crippen molar-refractivity contribution in [3.63, 3.8) is 0 Å². The normalized spacial score (nSPS) is 10.4. The van der Waals surface area contributed by atoms with Gasteiger partial charge in [-0.2, -0.15) is 0 Å². The van der Waals surface area contributed by atoms with E-state index in [4.69, 9.17) is 0 Å². The smallest absolute Gasteiger partial charge is 0.308 e. The Morgan fingerprint density at radius 3 is 2.19 bits per heavy atom. The first-order valence-corrected chi connectivity index (χ1v) is 9.42. The number of carbonyl (C=O) groups is 1. The van der Waals surface area contributed by atoms with Crippen molar-refractivity contribution >= 4 is 33.3 Å². The van der Waals surface area contributed by atoms with E-state index >= 15 is 0 Å². The summed E-state index contributed by atoms with van der Waals surface area (Å²) in [5, 5.41) is 3.01. The van der Waals surface area contributed by atoms with Crippen LogP contribution >= 0.6 is 15.9 Å². The summed E-state index contributed by atoms with van der Waals surface area (Å²) in [7, 11) is 0. The molecule has 3 aromatic carbocycles. The van der Waals surface area contributed by atoms with Crippen LogP contribution in [0.15, 0.2) is 83.3 Å². The van der Waals surface area contributed by atoms with Crippen LogP contribution in [0.2, 0.25) is 0 Å². The molecule has 0 bridgehead atoms. The lowest BCUT2D eigenvalue weighted by atomic mass is 10.1. The van der Waals surface area contributed by atoms with Crippen molar-refractivity contribution < 1.29 is 4.79 Å². The third-order valence-electron chi connectivity index (χ3n) is 4.19. The molecule has 1 N–H and O–H groups in total. The molecule has 0 radical (unpaired) electrons. The number of amides is 2. The van der Waals surface area contributed by atoms with Gasteiger partial charge in [0.1, 0.15) is 0 Å². The summed E-state index contributed by atoms with van der Waals surface area (Å²) in [6.45, 7) is 2.60. The van der Waals surface area contributed by atoms with E-state index in [9.17, 15) is 4.79 Å². The van der Waals surface area contributed by atoms with Gasteiger partial charge in [0.05, 0.1) is 12.2 Å². The predicted molar refractivity (Wildman–Crippen MR) is 112 cm³/mol. The highest BCUT2D eigenvalue weighted by atomic mass is 79.9. The van der Waals surface area contributed by atoms with Crippen LogP contribution in [0.5, 0.6) is 0 Å². The summed E-state index contributed by atoms with van der Waals surface area (Å²) in [6.07, 6.45) is 0.978. The van der Waals surface area contributed by atoms with Crippen LogP contribution in [0.4, 0.5) is 16.2 Å². The van der Waals surface area contributed by atoms with Gasteiger partial charge in [-0.3, -0.25) is 4.90 Å². The average Bonchev–Trinajstić information content (AvgIpc) is 2.68. The molecule has 0 aliphatic carbocycles. The molecule has 0 saturated carbocycles. The van der Waals surface area contributed by atoms with Crippen LogP contribution in [0.3, 0.4) is 0 Å². The summed E-state index contributed by atoms with van der Waals surface area (Å²) in [6, 6.07) is 25.5. The maximum atomic E-state index is 13.0. The number of hydrogen-bond acceptors (Lipinski definition) is 1. The number of anilines is 2. The van der Waals surface area contributed by atoms with Gasteiger partial charge in [0.15, 0.2) is 0 Å². The number of urea groups is 1. The van der Waals surface area contributed by atoms with E-state index < -0.39 is 0 Å². The monoisotopic (exact) mass is 408 g/mol. The number of nitrogens with one attached hydrogen (secondary N) is 1. The van der Waals surface area contributed by atoms with Crippen molar-refractivity contribution in [2.24, 2.45) is 0 Å². The van der Waals surface area contributed by atoms with E-state index in [1.807, 2.05) is 78.9 Å². The zero-order valence-corrected chi connectivity index (χ0v) is 16.2. The van der Waals surface area contributed by atoms with E-state index in [2.05, 4.69) is 28.2 Å². The van der Waals surface area contributed by atoms with Crippen LogP contribution < -0.4 is 10.2 Å². The first-order valence-electron chi connectivity index (χ1n) is 8.63. The molecule has 4 heteroatoms. The minimum Gasteiger partial charge on any atom is -0.308 e. The molecule has 132 valence electrons. The van der Waals surface area contributed by atoms with Crippen LogP contribution in [-0.2, 0) is 13.0 Å². The van der Waals surface area contributed by atoms with Crippen molar-refractivity contribution in [1.29, 1.82) is 0 Å². The standard InChI is InChI=1S/C22H21BrN2O/c1-2-17-12-14-19(15-13-17)24-22(26)25(16-18-8-4-3-5-9-18)21-11-7-6-10-20(21)23/h3-15H,2,16H2,1H3,(H,24,26). The van der Waals surface area contributed by atoms with Crippen molar-refractivity contribution in [2.75, 3.05) is 10.2 Å². The highest BCUT2D eigenvalue weighted by Crippen LogP contribution is 2.28. The quantitative estimate of drug-likeness (QED) is 0.531. The average molecular weight is 409 g/mol. The number of benzene rings is 3. The fraction of sp³-hybridized carbons (Fsp3) is 0.136. The van der Waals surface area contributed by atoms with Gasteiger partial charge in [0.25, 0.3) is 0 Å². The second kappa shape index (κ2) is 8.68. The zero-order chi connectivity index (χ0) is 18.4. The van der Waals surface area contributed by atoms with E-state index in [1.54, 1.807) is 4.90 Å². The minimum atomic E-state index is -0.162. The fourth-order valence-corrected chi connectivity index (χ4v) is 3.22. The molecule has 2 amide bonds. The van der Waals surface area contributed by atoms with Gasteiger partial charge in [-0.05, 0) is 57.7 Å². The first-order chi connectivity index (χ1) is 12.7. The van der Waals surface area contributed by atoms with Crippen molar-refractivity contribution in [3.05, 3.63) is 94.5 Å². The lowest BCUT2D eigenvalue weighted by Crippen LogP contribution is -2.34. The van der Waals surface area contributed by atoms with Crippen LogP contribution in [0, 0.1) is 0 Å². The molecule has 0 aromatic heterocycles. The van der Waals surface area contributed by atoms with E-state index in [1.165, 1.54) is 5.56 Å². The van der Waals surface area contributed by atoms with E-state index in [0.29, 0.717) is 6.54 Å². The molecule has 0 fully saturated rings. The van der Waals surface area contributed by atoms with E-state index in [-0.39, 0.29) is 6.03 Å². The Bertz CT molecular complexity index is 863. The predicted octanol–water partition coefficient (Wildman–Crippen LogP) is 6.25. The molecule has 0 heterocycles. The molecule has 3 nitrogen and oxygen atoms in total. The molecule has 0 aliphatic rings. The minimum absolute atomic E-state index is 0.162. The lowest BCUT2D eigenvalue weighted by Gasteiger charge is -2.24. The second-order valence-corrected chi connectivity index (χ2v) is 6.86. The van der Waals surface area contributed by atoms with Crippen molar-refractivity contribution in [2.45, 2.75) is 19.9 Å². The Morgan fingerprint density at radius 2 is 1.54 bits per heavy atom. The molecule has 0 spiro atoms. The summed E-state index contributed by atoms with van der Waals surface area (Å²) in [5.41, 5.74) is 3.94. The molecule has 3 rings (SSSR count). The molecule has 0 unspecified atom stereocenters. The van der Waals surface area contributed by atoms with Crippen LogP contribution in [0.1, 0.15) is 18.1 Å². The molecular formula is C22H21BrN2O. The van der Waals surface area contributed by atoms with Gasteiger partial charge in [-0.15, -0.1) is 0 Å². The fourth-order valence-electron chi connectivity index (χ4n) is 2.72. The van der Waals surface area contributed by atoms with Crippen LogP contribution in [0.25, 0.3) is 0 Å². The van der Waals surface area contributed by atoms with Gasteiger partial charge in [-0.1, -0.05) is 61.5 Å². The van der Waals surface area contributed by atoms with Gasteiger partial charge in [0.2, 0.25) is 0 Å². The Hall–Kier alpha value is -2.59. The number of rotatable bonds is 5. The molecule has 3 aromatic rings. The maximum Gasteiger partial charge on any atom is 0.326 e. The lowest BCUT2D eigenvalue weighted by molar-refractivity contribution is 0.256. The number of hydrogen-bond donors (Lipinski definition) is 1. The van der Waals surface area contributed by atoms with Crippen LogP contribution in [-0.4, -0.2) is 6.03 Å². The summed E-state index contributed by atoms with van der Waals surface area (Å²) < 4.78 is 0.882. The summed E-state index contributed by atoms with van der Waals surface area (Å²) in [5.74, 6) is 0. The number of para-hydroxylation sites is 1. The van der Waals surface area contributed by atoms with Gasteiger partial charge in [-0.25, -0.2) is 4.79 Å². The molecule has 0 saturated heterocycles. The van der Waals surface area contributed by atoms with Crippen molar-refractivity contribution in [3.8, 4) is 0 Å².